The highest BCUT2D eigenvalue weighted by Crippen LogP contribution is 2.52. The molecule has 0 radical (unpaired) electrons. The van der Waals surface area contributed by atoms with Crippen LogP contribution in [0.1, 0.15) is 55.9 Å². The number of nitrogens with zero attached hydrogens (tertiary/aromatic N) is 1. The molecule has 3 heterocycles. The molecule has 2 amide bonds. The smallest absolute Gasteiger partial charge is 0.320 e. The third-order valence-electron chi connectivity index (χ3n) is 9.40. The van der Waals surface area contributed by atoms with Gasteiger partial charge in [0.25, 0.3) is 0 Å². The number of fused-ring (bicyclic) bond motifs is 2. The number of carbonyl (C=O) groups excluding carboxylic acids is 3. The zero-order valence-corrected chi connectivity index (χ0v) is 25.0. The summed E-state index contributed by atoms with van der Waals surface area (Å²) in [6.45, 7) is 2.63. The minimum absolute atomic E-state index is 0.0129. The number of benzene rings is 2. The first-order valence-electron chi connectivity index (χ1n) is 14.9. The molecule has 0 spiro atoms. The molecule has 4 atom stereocenters. The number of hydrogen-bond donors (Lipinski definition) is 1. The summed E-state index contributed by atoms with van der Waals surface area (Å²) in [7, 11) is 1.39. The van der Waals surface area contributed by atoms with E-state index in [1.165, 1.54) is 7.11 Å². The van der Waals surface area contributed by atoms with Gasteiger partial charge in [0.2, 0.25) is 11.8 Å². The van der Waals surface area contributed by atoms with E-state index in [9.17, 15) is 14.4 Å². The summed E-state index contributed by atoms with van der Waals surface area (Å²) in [4.78, 5) is 44.2. The molecule has 2 fully saturated rings. The second-order valence-corrected chi connectivity index (χ2v) is 12.9. The molecule has 3 aliphatic rings. The van der Waals surface area contributed by atoms with Crippen LogP contribution >= 0.6 is 11.3 Å². The van der Waals surface area contributed by atoms with Crippen molar-refractivity contribution < 1.29 is 23.9 Å². The number of likely N-dealkylation sites (tertiary alicyclic amines) is 1. The first-order valence-corrected chi connectivity index (χ1v) is 15.8. The highest BCUT2D eigenvalue weighted by molar-refractivity contribution is 7.09. The van der Waals surface area contributed by atoms with E-state index in [1.54, 1.807) is 16.2 Å². The van der Waals surface area contributed by atoms with Crippen LogP contribution in [0.2, 0.25) is 0 Å². The van der Waals surface area contributed by atoms with Gasteiger partial charge in [0.05, 0.1) is 32.4 Å². The Morgan fingerprint density at radius 3 is 2.64 bits per heavy atom. The largest absolute Gasteiger partial charge is 0.468 e. The minimum Gasteiger partial charge on any atom is -0.468 e. The lowest BCUT2D eigenvalue weighted by molar-refractivity contribution is -0.178. The number of carbonyl (C=O) groups is 3. The van der Waals surface area contributed by atoms with Crippen LogP contribution in [-0.2, 0) is 36.9 Å². The summed E-state index contributed by atoms with van der Waals surface area (Å²) in [5.41, 5.74) is 0.458. The highest BCUT2D eigenvalue weighted by Gasteiger charge is 2.60. The molecule has 1 N–H and O–H groups in total. The van der Waals surface area contributed by atoms with E-state index in [1.807, 2.05) is 54.8 Å². The predicted octanol–water partition coefficient (Wildman–Crippen LogP) is 5.98. The fourth-order valence-electron chi connectivity index (χ4n) is 7.21. The van der Waals surface area contributed by atoms with Gasteiger partial charge in [-0.1, -0.05) is 61.4 Å². The number of thiophene rings is 1. The molecule has 42 heavy (non-hydrogen) atoms. The molecule has 1 aromatic heterocycles. The Kier molecular flexibility index (Phi) is 8.19. The summed E-state index contributed by atoms with van der Waals surface area (Å²) in [6, 6.07) is 18.1. The van der Waals surface area contributed by atoms with Crippen LogP contribution in [0.25, 0.3) is 10.8 Å². The van der Waals surface area contributed by atoms with Gasteiger partial charge in [-0.05, 0) is 66.0 Å². The number of ether oxygens (including phenoxy) is 2. The van der Waals surface area contributed by atoms with Crippen LogP contribution in [0.3, 0.4) is 0 Å². The lowest BCUT2D eigenvalue weighted by Gasteiger charge is -2.52. The fourth-order valence-corrected chi connectivity index (χ4v) is 7.85. The van der Waals surface area contributed by atoms with Gasteiger partial charge in [0.15, 0.2) is 0 Å². The quantitative estimate of drug-likeness (QED) is 0.329. The zero-order valence-electron chi connectivity index (χ0n) is 24.2. The summed E-state index contributed by atoms with van der Waals surface area (Å²) in [5.74, 6) is -1.13. The van der Waals surface area contributed by atoms with E-state index >= 15 is 0 Å². The van der Waals surface area contributed by atoms with Crippen LogP contribution in [0.5, 0.6) is 0 Å². The lowest BCUT2D eigenvalue weighted by atomic mass is 9.66. The molecule has 1 saturated carbocycles. The van der Waals surface area contributed by atoms with E-state index in [-0.39, 0.29) is 30.8 Å². The lowest BCUT2D eigenvalue weighted by Crippen LogP contribution is -2.60. The second kappa shape index (κ2) is 12.0. The maximum absolute atomic E-state index is 14.4. The van der Waals surface area contributed by atoms with Crippen LogP contribution in [0, 0.1) is 17.3 Å². The van der Waals surface area contributed by atoms with E-state index in [4.69, 9.17) is 9.47 Å². The number of nitrogens with one attached hydrogen (secondary N) is 1. The van der Waals surface area contributed by atoms with Crippen LogP contribution < -0.4 is 5.32 Å². The first kappa shape index (κ1) is 28.6. The molecule has 8 heteroatoms. The van der Waals surface area contributed by atoms with Crippen molar-refractivity contribution in [3.63, 3.8) is 0 Å². The summed E-state index contributed by atoms with van der Waals surface area (Å²) in [6.07, 6.45) is 5.94. The number of amides is 2. The number of methoxy groups -OCH3 is 1. The van der Waals surface area contributed by atoms with Gasteiger partial charge in [-0.15, -0.1) is 11.3 Å². The van der Waals surface area contributed by atoms with Gasteiger partial charge in [-0.2, -0.15) is 0 Å². The Balaban J connectivity index is 1.40. The Morgan fingerprint density at radius 1 is 1.10 bits per heavy atom. The van der Waals surface area contributed by atoms with Crippen molar-refractivity contribution in [1.29, 1.82) is 0 Å². The maximum atomic E-state index is 14.4. The Hall–Kier alpha value is -3.49. The van der Waals surface area contributed by atoms with Gasteiger partial charge in [-0.25, -0.2) is 0 Å². The molecular formula is C34H38N2O5S. The molecule has 3 aromatic rings. The van der Waals surface area contributed by atoms with Gasteiger partial charge in [0, 0.05) is 22.9 Å². The first-order chi connectivity index (χ1) is 20.4. The van der Waals surface area contributed by atoms with Crippen molar-refractivity contribution in [2.45, 2.75) is 70.7 Å². The molecular weight excluding hydrogens is 548 g/mol. The van der Waals surface area contributed by atoms with Crippen molar-refractivity contribution >= 4 is 39.9 Å². The van der Waals surface area contributed by atoms with E-state index in [0.29, 0.717) is 24.7 Å². The number of esters is 1. The number of rotatable bonds is 8. The molecule has 7 nitrogen and oxygen atoms in total. The molecule has 1 aliphatic carbocycles. The third kappa shape index (κ3) is 5.26. The fraction of sp³-hybridized carbons (Fsp3) is 0.441. The molecule has 1 saturated heterocycles. The van der Waals surface area contributed by atoms with E-state index in [0.717, 1.165) is 46.9 Å². The summed E-state index contributed by atoms with van der Waals surface area (Å²) >= 11 is 1.57. The topological polar surface area (TPSA) is 84.9 Å². The Bertz CT molecular complexity index is 1490. The van der Waals surface area contributed by atoms with Crippen molar-refractivity contribution in [2.24, 2.45) is 17.3 Å². The molecule has 220 valence electrons. The third-order valence-corrected chi connectivity index (χ3v) is 10.3. The van der Waals surface area contributed by atoms with E-state index < -0.39 is 23.4 Å². The van der Waals surface area contributed by atoms with Gasteiger partial charge in [-0.3, -0.25) is 14.4 Å². The molecule has 0 unspecified atom stereocenters. The average molecular weight is 587 g/mol. The van der Waals surface area contributed by atoms with Gasteiger partial charge < -0.3 is 19.7 Å². The second-order valence-electron chi connectivity index (χ2n) is 11.8. The maximum Gasteiger partial charge on any atom is 0.320 e. The molecule has 2 aliphatic heterocycles. The molecule has 2 aromatic carbocycles. The van der Waals surface area contributed by atoms with Crippen molar-refractivity contribution in [3.05, 3.63) is 82.2 Å². The SMILES string of the molecule is COC(=O)[C@]12C[C@H](CC(=O)NCc3cccs3)C(=O)N(Cc3cccc4ccccc34)C1=C[C@H](C1CCCC1)O[C@@H]2C. The Morgan fingerprint density at radius 2 is 1.88 bits per heavy atom. The minimum atomic E-state index is -1.19. The van der Waals surface area contributed by atoms with Gasteiger partial charge in [0.1, 0.15) is 5.41 Å². The van der Waals surface area contributed by atoms with Crippen molar-refractivity contribution in [2.75, 3.05) is 7.11 Å². The molecule has 0 bridgehead atoms. The summed E-state index contributed by atoms with van der Waals surface area (Å²) < 4.78 is 12.0. The zero-order chi connectivity index (χ0) is 29.3. The standard InChI is InChI=1S/C34H38N2O5S/c1-22-34(33(39)40-2)19-26(17-31(37)35-20-27-14-8-16-42-27)32(38)36(30(34)18-29(41-22)24-10-3-4-11-24)21-25-13-7-12-23-9-5-6-15-28(23)25/h5-9,12-16,18,22,24,26,29H,3-4,10-11,17,19-21H2,1-2H3,(H,35,37)/t22-,26+,29-,34+/m1/s1. The van der Waals surface area contributed by atoms with Crippen LogP contribution in [0.15, 0.2) is 71.8 Å². The normalized spacial score (nSPS) is 26.1. The van der Waals surface area contributed by atoms with Gasteiger partial charge >= 0.3 is 5.97 Å². The highest BCUT2D eigenvalue weighted by atomic mass is 32.1. The molecule has 6 rings (SSSR count). The van der Waals surface area contributed by atoms with Crippen LogP contribution in [0.4, 0.5) is 0 Å². The van der Waals surface area contributed by atoms with E-state index in [2.05, 4.69) is 23.5 Å². The summed E-state index contributed by atoms with van der Waals surface area (Å²) in [5, 5.41) is 7.07. The van der Waals surface area contributed by atoms with Crippen LogP contribution in [-0.4, -0.2) is 42.0 Å². The van der Waals surface area contributed by atoms with Crippen molar-refractivity contribution in [1.82, 2.24) is 10.2 Å². The Labute approximate surface area is 250 Å². The average Bonchev–Trinajstić information content (AvgIpc) is 3.73. The predicted molar refractivity (Wildman–Crippen MR) is 162 cm³/mol. The van der Waals surface area contributed by atoms with Crippen molar-refractivity contribution in [3.8, 4) is 0 Å². The number of piperidine rings is 1. The number of hydrogen-bond acceptors (Lipinski definition) is 6. The monoisotopic (exact) mass is 586 g/mol.